The Kier molecular flexibility index (Phi) is 3.11. The van der Waals surface area contributed by atoms with E-state index in [-0.39, 0.29) is 0 Å². The summed E-state index contributed by atoms with van der Waals surface area (Å²) in [6.07, 6.45) is 2.28. The molecule has 2 fully saturated rings. The van der Waals surface area contributed by atoms with Gasteiger partial charge in [0.05, 0.1) is 0 Å². The summed E-state index contributed by atoms with van der Waals surface area (Å²) < 4.78 is 0. The van der Waals surface area contributed by atoms with Crippen molar-refractivity contribution in [3.05, 3.63) is 0 Å². The van der Waals surface area contributed by atoms with Crippen LogP contribution < -0.4 is 5.73 Å². The number of amides is 1. The molecule has 0 saturated carbocycles. The maximum absolute atomic E-state index is 10.8. The van der Waals surface area contributed by atoms with E-state index in [4.69, 9.17) is 10.8 Å². The van der Waals surface area contributed by atoms with Crippen LogP contribution in [0.2, 0.25) is 0 Å². The van der Waals surface area contributed by atoms with Gasteiger partial charge in [-0.25, -0.2) is 4.79 Å². The van der Waals surface area contributed by atoms with Crippen molar-refractivity contribution in [2.45, 2.75) is 31.3 Å². The molecule has 2 saturated heterocycles. The highest BCUT2D eigenvalue weighted by molar-refractivity contribution is 5.65. The number of nitrogens with zero attached hydrogens (tertiary/aromatic N) is 2. The van der Waals surface area contributed by atoms with E-state index in [0.717, 1.165) is 32.4 Å². The summed E-state index contributed by atoms with van der Waals surface area (Å²) in [6.45, 7) is 3.41. The molecule has 5 heteroatoms. The van der Waals surface area contributed by atoms with Crippen LogP contribution in [0.1, 0.15) is 19.3 Å². The van der Waals surface area contributed by atoms with E-state index < -0.39 is 6.09 Å². The van der Waals surface area contributed by atoms with Gasteiger partial charge in [-0.3, -0.25) is 4.90 Å². The van der Waals surface area contributed by atoms with Crippen molar-refractivity contribution in [1.82, 2.24) is 9.80 Å². The van der Waals surface area contributed by atoms with Gasteiger partial charge in [0.1, 0.15) is 0 Å². The Morgan fingerprint density at radius 1 is 1.20 bits per heavy atom. The van der Waals surface area contributed by atoms with Crippen LogP contribution in [-0.4, -0.2) is 59.3 Å². The Hall–Kier alpha value is -0.810. The lowest BCUT2D eigenvalue weighted by molar-refractivity contribution is 0.136. The topological polar surface area (TPSA) is 69.8 Å². The molecule has 0 aliphatic carbocycles. The van der Waals surface area contributed by atoms with Crippen LogP contribution in [-0.2, 0) is 0 Å². The second-order valence-electron chi connectivity index (χ2n) is 4.54. The van der Waals surface area contributed by atoms with Crippen LogP contribution in [0.4, 0.5) is 4.79 Å². The van der Waals surface area contributed by atoms with Gasteiger partial charge in [-0.1, -0.05) is 0 Å². The van der Waals surface area contributed by atoms with Gasteiger partial charge in [0.25, 0.3) is 0 Å². The van der Waals surface area contributed by atoms with Crippen LogP contribution in [0.25, 0.3) is 0 Å². The fourth-order valence-electron chi connectivity index (χ4n) is 2.50. The number of piperidine rings is 1. The van der Waals surface area contributed by atoms with Crippen molar-refractivity contribution < 1.29 is 9.90 Å². The molecule has 0 bridgehead atoms. The first-order valence-corrected chi connectivity index (χ1v) is 5.64. The summed E-state index contributed by atoms with van der Waals surface area (Å²) in [5.74, 6) is 0. The van der Waals surface area contributed by atoms with Gasteiger partial charge in [0.2, 0.25) is 0 Å². The third-order valence-corrected chi connectivity index (χ3v) is 3.52. The predicted molar refractivity (Wildman–Crippen MR) is 56.8 cm³/mol. The number of carboxylic acid groups (broad SMARTS) is 1. The first-order chi connectivity index (χ1) is 7.16. The molecular formula is C10H19N3O2. The fraction of sp³-hybridized carbons (Fsp3) is 0.900. The summed E-state index contributed by atoms with van der Waals surface area (Å²) in [6, 6.07) is 0.770. The molecule has 0 spiro atoms. The average Bonchev–Trinajstić information content (AvgIpc) is 2.68. The standard InChI is InChI=1S/C10H19N3O2/c11-8-1-4-12(5-2-8)9-3-6-13(7-9)10(14)15/h8-9H,1-7,11H2,(H,14,15). The smallest absolute Gasteiger partial charge is 0.407 e. The van der Waals surface area contributed by atoms with E-state index in [0.29, 0.717) is 25.2 Å². The number of carbonyl (C=O) groups is 1. The zero-order valence-corrected chi connectivity index (χ0v) is 8.93. The minimum absolute atomic E-state index is 0.346. The summed E-state index contributed by atoms with van der Waals surface area (Å²) >= 11 is 0. The van der Waals surface area contributed by atoms with Crippen molar-refractivity contribution in [3.8, 4) is 0 Å². The monoisotopic (exact) mass is 213 g/mol. The van der Waals surface area contributed by atoms with Gasteiger partial charge in [0, 0.05) is 25.2 Å². The molecule has 3 N–H and O–H groups in total. The largest absolute Gasteiger partial charge is 0.465 e. The zero-order valence-electron chi connectivity index (χ0n) is 8.93. The van der Waals surface area contributed by atoms with Crippen LogP contribution in [0.5, 0.6) is 0 Å². The molecule has 0 radical (unpaired) electrons. The van der Waals surface area contributed by atoms with E-state index in [2.05, 4.69) is 4.90 Å². The number of likely N-dealkylation sites (tertiary alicyclic amines) is 2. The van der Waals surface area contributed by atoms with Crippen LogP contribution in [0.3, 0.4) is 0 Å². The van der Waals surface area contributed by atoms with Crippen molar-refractivity contribution in [2.24, 2.45) is 5.73 Å². The second-order valence-corrected chi connectivity index (χ2v) is 4.54. The van der Waals surface area contributed by atoms with Crippen molar-refractivity contribution in [3.63, 3.8) is 0 Å². The highest BCUT2D eigenvalue weighted by atomic mass is 16.4. The Balaban J connectivity index is 1.83. The fourth-order valence-corrected chi connectivity index (χ4v) is 2.50. The lowest BCUT2D eigenvalue weighted by atomic mass is 10.0. The molecular weight excluding hydrogens is 194 g/mol. The predicted octanol–water partition coefficient (Wildman–Crippen LogP) is 0.162. The molecule has 2 aliphatic heterocycles. The van der Waals surface area contributed by atoms with E-state index in [1.165, 1.54) is 4.90 Å². The highest BCUT2D eigenvalue weighted by Gasteiger charge is 2.31. The molecule has 2 aliphatic rings. The molecule has 15 heavy (non-hydrogen) atoms. The molecule has 0 aromatic carbocycles. The molecule has 5 nitrogen and oxygen atoms in total. The second kappa shape index (κ2) is 4.37. The van der Waals surface area contributed by atoms with Crippen LogP contribution in [0, 0.1) is 0 Å². The van der Waals surface area contributed by atoms with Crippen LogP contribution >= 0.6 is 0 Å². The maximum Gasteiger partial charge on any atom is 0.407 e. The van der Waals surface area contributed by atoms with Gasteiger partial charge in [-0.2, -0.15) is 0 Å². The Bertz CT molecular complexity index is 239. The van der Waals surface area contributed by atoms with Gasteiger partial charge in [0.15, 0.2) is 0 Å². The summed E-state index contributed by atoms with van der Waals surface area (Å²) in [5.41, 5.74) is 5.84. The van der Waals surface area contributed by atoms with Crippen molar-refractivity contribution in [2.75, 3.05) is 26.2 Å². The lowest BCUT2D eigenvalue weighted by Crippen LogP contribution is -2.46. The molecule has 2 heterocycles. The molecule has 0 aromatic rings. The minimum Gasteiger partial charge on any atom is -0.465 e. The first kappa shape index (κ1) is 10.7. The lowest BCUT2D eigenvalue weighted by Gasteiger charge is -2.34. The number of hydrogen-bond donors (Lipinski definition) is 2. The third kappa shape index (κ3) is 2.41. The van der Waals surface area contributed by atoms with E-state index in [1.54, 1.807) is 0 Å². The number of nitrogens with two attached hydrogens (primary N) is 1. The van der Waals surface area contributed by atoms with Crippen LogP contribution in [0.15, 0.2) is 0 Å². The molecule has 86 valence electrons. The van der Waals surface area contributed by atoms with E-state index in [1.807, 2.05) is 0 Å². The summed E-state index contributed by atoms with van der Waals surface area (Å²) in [5, 5.41) is 8.86. The van der Waals surface area contributed by atoms with Crippen molar-refractivity contribution in [1.29, 1.82) is 0 Å². The van der Waals surface area contributed by atoms with Gasteiger partial charge in [-0.15, -0.1) is 0 Å². The maximum atomic E-state index is 10.8. The van der Waals surface area contributed by atoms with Gasteiger partial charge in [-0.05, 0) is 32.4 Å². The molecule has 0 aromatic heterocycles. The first-order valence-electron chi connectivity index (χ1n) is 5.64. The quantitative estimate of drug-likeness (QED) is 0.651. The molecule has 1 atom stereocenters. The molecule has 1 amide bonds. The average molecular weight is 213 g/mol. The van der Waals surface area contributed by atoms with E-state index in [9.17, 15) is 4.79 Å². The van der Waals surface area contributed by atoms with Crippen molar-refractivity contribution >= 4 is 6.09 Å². The number of hydrogen-bond acceptors (Lipinski definition) is 3. The molecule has 2 rings (SSSR count). The summed E-state index contributed by atoms with van der Waals surface area (Å²) in [4.78, 5) is 14.7. The zero-order chi connectivity index (χ0) is 10.8. The molecule has 1 unspecified atom stereocenters. The Labute approximate surface area is 89.8 Å². The summed E-state index contributed by atoms with van der Waals surface area (Å²) in [7, 11) is 0. The van der Waals surface area contributed by atoms with Gasteiger partial charge < -0.3 is 15.7 Å². The Morgan fingerprint density at radius 2 is 1.87 bits per heavy atom. The number of rotatable bonds is 1. The van der Waals surface area contributed by atoms with E-state index >= 15 is 0 Å². The minimum atomic E-state index is -0.786. The Morgan fingerprint density at radius 3 is 2.40 bits per heavy atom. The SMILES string of the molecule is NC1CCN(C2CCN(C(=O)O)C2)CC1. The normalized spacial score (nSPS) is 29.7. The highest BCUT2D eigenvalue weighted by Crippen LogP contribution is 2.19. The van der Waals surface area contributed by atoms with Gasteiger partial charge >= 0.3 is 6.09 Å². The third-order valence-electron chi connectivity index (χ3n) is 3.52.